The van der Waals surface area contributed by atoms with Gasteiger partial charge in [0.2, 0.25) is 0 Å². The lowest BCUT2D eigenvalue weighted by atomic mass is 10.2. The highest BCUT2D eigenvalue weighted by atomic mass is 16.6. The van der Waals surface area contributed by atoms with Crippen LogP contribution in [0.3, 0.4) is 0 Å². The highest BCUT2D eigenvalue weighted by Crippen LogP contribution is 2.19. The lowest BCUT2D eigenvalue weighted by Gasteiger charge is -1.99. The molecule has 0 aliphatic rings. The number of aromatic nitrogens is 2. The van der Waals surface area contributed by atoms with Crippen LogP contribution in [0.2, 0.25) is 0 Å². The Labute approximate surface area is 96.5 Å². The zero-order chi connectivity index (χ0) is 13.0. The van der Waals surface area contributed by atoms with E-state index in [-0.39, 0.29) is 24.4 Å². The van der Waals surface area contributed by atoms with E-state index in [0.717, 1.165) is 4.68 Å². The van der Waals surface area contributed by atoms with E-state index in [1.807, 2.05) is 0 Å². The second-order valence-electron chi connectivity index (χ2n) is 3.12. The summed E-state index contributed by atoms with van der Waals surface area (Å²) in [4.78, 5) is 21.1. The van der Waals surface area contributed by atoms with E-state index in [9.17, 15) is 14.9 Å². The SMILES string of the molecule is CCOC(=O)Cn1nc([N+](=O)[O-])c(C#N)c1C. The Bertz CT molecular complexity index is 500. The van der Waals surface area contributed by atoms with Crippen molar-refractivity contribution in [1.29, 1.82) is 5.26 Å². The third-order valence-corrected chi connectivity index (χ3v) is 2.06. The van der Waals surface area contributed by atoms with Crippen molar-refractivity contribution < 1.29 is 14.5 Å². The van der Waals surface area contributed by atoms with Gasteiger partial charge in [0.15, 0.2) is 12.1 Å². The molecule has 90 valence electrons. The molecule has 0 amide bonds. The lowest BCUT2D eigenvalue weighted by molar-refractivity contribution is -0.390. The van der Waals surface area contributed by atoms with Gasteiger partial charge in [0.1, 0.15) is 6.07 Å². The molecule has 0 atom stereocenters. The van der Waals surface area contributed by atoms with Crippen LogP contribution in [0.1, 0.15) is 18.2 Å². The van der Waals surface area contributed by atoms with Gasteiger partial charge in [0.05, 0.1) is 17.4 Å². The predicted octanol–water partition coefficient (Wildman–Crippen LogP) is 0.535. The molecular formula is C9H10N4O4. The second kappa shape index (κ2) is 5.07. The summed E-state index contributed by atoms with van der Waals surface area (Å²) >= 11 is 0. The largest absolute Gasteiger partial charge is 0.465 e. The van der Waals surface area contributed by atoms with E-state index in [4.69, 9.17) is 10.00 Å². The molecule has 0 N–H and O–H groups in total. The fourth-order valence-electron chi connectivity index (χ4n) is 1.27. The van der Waals surface area contributed by atoms with Gasteiger partial charge in [-0.1, -0.05) is 0 Å². The first-order valence-electron chi connectivity index (χ1n) is 4.78. The van der Waals surface area contributed by atoms with E-state index in [2.05, 4.69) is 5.10 Å². The van der Waals surface area contributed by atoms with E-state index >= 15 is 0 Å². The van der Waals surface area contributed by atoms with Crippen LogP contribution >= 0.6 is 0 Å². The van der Waals surface area contributed by atoms with Crippen LogP contribution in [-0.4, -0.2) is 27.3 Å². The molecule has 1 rings (SSSR count). The molecule has 0 saturated heterocycles. The second-order valence-corrected chi connectivity index (χ2v) is 3.12. The Morgan fingerprint density at radius 3 is 2.76 bits per heavy atom. The molecule has 8 nitrogen and oxygen atoms in total. The van der Waals surface area contributed by atoms with Crippen molar-refractivity contribution in [2.75, 3.05) is 6.61 Å². The monoisotopic (exact) mass is 238 g/mol. The third-order valence-electron chi connectivity index (χ3n) is 2.06. The fraction of sp³-hybridized carbons (Fsp3) is 0.444. The molecule has 17 heavy (non-hydrogen) atoms. The summed E-state index contributed by atoms with van der Waals surface area (Å²) in [5.41, 5.74) is 0.131. The Hall–Kier alpha value is -2.43. The number of hydrogen-bond acceptors (Lipinski definition) is 6. The summed E-state index contributed by atoms with van der Waals surface area (Å²) < 4.78 is 5.78. The molecule has 0 radical (unpaired) electrons. The van der Waals surface area contributed by atoms with E-state index in [0.29, 0.717) is 0 Å². The maximum atomic E-state index is 11.2. The zero-order valence-corrected chi connectivity index (χ0v) is 9.34. The van der Waals surface area contributed by atoms with Crippen LogP contribution < -0.4 is 0 Å². The first-order valence-corrected chi connectivity index (χ1v) is 4.78. The summed E-state index contributed by atoms with van der Waals surface area (Å²) in [6, 6.07) is 1.69. The van der Waals surface area contributed by atoms with Crippen molar-refractivity contribution in [2.45, 2.75) is 20.4 Å². The van der Waals surface area contributed by atoms with E-state index < -0.39 is 16.7 Å². The van der Waals surface area contributed by atoms with Crippen LogP contribution in [0, 0.1) is 28.4 Å². The first kappa shape index (κ1) is 12.6. The molecule has 1 heterocycles. The summed E-state index contributed by atoms with van der Waals surface area (Å²) in [5, 5.41) is 23.0. The minimum atomic E-state index is -0.757. The molecular weight excluding hydrogens is 228 g/mol. The van der Waals surface area contributed by atoms with Crippen LogP contribution in [0.5, 0.6) is 0 Å². The molecule has 1 aromatic heterocycles. The lowest BCUT2D eigenvalue weighted by Crippen LogP contribution is -2.15. The maximum absolute atomic E-state index is 11.2. The van der Waals surface area contributed by atoms with Gasteiger partial charge in [-0.25, -0.2) is 4.79 Å². The van der Waals surface area contributed by atoms with Gasteiger partial charge in [0, 0.05) is 0 Å². The van der Waals surface area contributed by atoms with E-state index in [1.165, 1.54) is 6.92 Å². The number of carbonyl (C=O) groups is 1. The normalized spacial score (nSPS) is 9.71. The Morgan fingerprint density at radius 1 is 1.71 bits per heavy atom. The van der Waals surface area contributed by atoms with Crippen molar-refractivity contribution in [3.8, 4) is 6.07 Å². The molecule has 0 bridgehead atoms. The summed E-state index contributed by atoms with van der Waals surface area (Å²) in [6.07, 6.45) is 0. The van der Waals surface area contributed by atoms with Gasteiger partial charge < -0.3 is 14.9 Å². The fourth-order valence-corrected chi connectivity index (χ4v) is 1.27. The van der Waals surface area contributed by atoms with Crippen LogP contribution in [0.4, 0.5) is 5.82 Å². The van der Waals surface area contributed by atoms with Gasteiger partial charge in [-0.2, -0.15) is 9.94 Å². The highest BCUT2D eigenvalue weighted by Gasteiger charge is 2.26. The Kier molecular flexibility index (Phi) is 3.77. The average molecular weight is 238 g/mol. The Balaban J connectivity index is 3.07. The van der Waals surface area contributed by atoms with Gasteiger partial charge in [-0.3, -0.25) is 0 Å². The maximum Gasteiger partial charge on any atom is 0.408 e. The summed E-state index contributed by atoms with van der Waals surface area (Å²) in [5.74, 6) is -1.10. The van der Waals surface area contributed by atoms with E-state index in [1.54, 1.807) is 13.0 Å². The van der Waals surface area contributed by atoms with Crippen molar-refractivity contribution >= 4 is 11.8 Å². The third kappa shape index (κ3) is 2.57. The first-order chi connectivity index (χ1) is 8.01. The predicted molar refractivity (Wildman–Crippen MR) is 55.0 cm³/mol. The van der Waals surface area contributed by atoms with Crippen molar-refractivity contribution in [1.82, 2.24) is 9.78 Å². The van der Waals surface area contributed by atoms with Crippen molar-refractivity contribution in [3.63, 3.8) is 0 Å². The molecule has 0 aromatic carbocycles. The zero-order valence-electron chi connectivity index (χ0n) is 9.34. The van der Waals surface area contributed by atoms with Crippen LogP contribution in [0.25, 0.3) is 0 Å². The summed E-state index contributed by atoms with van der Waals surface area (Å²) in [7, 11) is 0. The number of esters is 1. The van der Waals surface area contributed by atoms with Crippen molar-refractivity contribution in [2.24, 2.45) is 0 Å². The number of rotatable bonds is 4. The number of nitro groups is 1. The number of nitrogens with zero attached hydrogens (tertiary/aromatic N) is 4. The molecule has 0 aliphatic heterocycles. The average Bonchev–Trinajstić information content (AvgIpc) is 2.56. The van der Waals surface area contributed by atoms with Gasteiger partial charge >= 0.3 is 11.8 Å². The molecule has 0 unspecified atom stereocenters. The Morgan fingerprint density at radius 2 is 2.35 bits per heavy atom. The topological polar surface area (TPSA) is 111 Å². The quantitative estimate of drug-likeness (QED) is 0.429. The number of hydrogen-bond donors (Lipinski definition) is 0. The highest BCUT2D eigenvalue weighted by molar-refractivity contribution is 5.69. The number of nitriles is 1. The number of ether oxygens (including phenoxy) is 1. The number of carbonyl (C=O) groups excluding carboxylic acids is 1. The van der Waals surface area contributed by atoms with Crippen LogP contribution in [0.15, 0.2) is 0 Å². The molecule has 0 spiro atoms. The minimum Gasteiger partial charge on any atom is -0.465 e. The summed E-state index contributed by atoms with van der Waals surface area (Å²) in [6.45, 7) is 3.10. The van der Waals surface area contributed by atoms with Gasteiger partial charge in [-0.05, 0) is 18.8 Å². The van der Waals surface area contributed by atoms with Crippen LogP contribution in [-0.2, 0) is 16.1 Å². The minimum absolute atomic E-state index is 0.140. The molecule has 0 aliphatic carbocycles. The smallest absolute Gasteiger partial charge is 0.408 e. The molecule has 0 fully saturated rings. The molecule has 8 heteroatoms. The van der Waals surface area contributed by atoms with Gasteiger partial charge in [-0.15, -0.1) is 0 Å². The van der Waals surface area contributed by atoms with Gasteiger partial charge in [0.25, 0.3) is 0 Å². The van der Waals surface area contributed by atoms with Crippen molar-refractivity contribution in [3.05, 3.63) is 21.4 Å². The standard InChI is InChI=1S/C9H10N4O4/c1-3-17-8(14)5-12-6(2)7(4-10)9(11-12)13(15)16/h3,5H2,1-2H3. The molecule has 0 saturated carbocycles. The molecule has 1 aromatic rings.